The van der Waals surface area contributed by atoms with Crippen molar-refractivity contribution in [2.24, 2.45) is 0 Å². The molecule has 0 aromatic carbocycles. The van der Waals surface area contributed by atoms with Crippen molar-refractivity contribution in [2.45, 2.75) is 101 Å². The quantitative estimate of drug-likeness (QED) is 0.147. The summed E-state index contributed by atoms with van der Waals surface area (Å²) in [4.78, 5) is 9.72. The van der Waals surface area contributed by atoms with Crippen LogP contribution in [0.2, 0.25) is 0 Å². The molecule has 2 nitrogen and oxygen atoms in total. The molecule has 0 heterocycles. The van der Waals surface area contributed by atoms with E-state index >= 15 is 0 Å². The summed E-state index contributed by atoms with van der Waals surface area (Å²) >= 11 is 0. The maximum absolute atomic E-state index is 12.8. The van der Waals surface area contributed by atoms with Crippen molar-refractivity contribution in [3.63, 3.8) is 0 Å². The largest absolute Gasteiger partial charge is 0.477 e. The number of hydrogen-bond acceptors (Lipinski definition) is 1. The third-order valence-electron chi connectivity index (χ3n) is 5.08. The van der Waals surface area contributed by atoms with E-state index in [1.54, 1.807) is 18.5 Å². The third kappa shape index (κ3) is 7.96. The first-order valence-electron chi connectivity index (χ1n) is 11.1. The zero-order valence-corrected chi connectivity index (χ0v) is 21.2. The molecule has 0 aliphatic carbocycles. The molecule has 18 heteroatoms. The molecule has 1 N–H and O–H groups in total. The monoisotopic (exact) mass is 616 g/mol. The predicted octanol–water partition coefficient (Wildman–Crippen LogP) is 9.31. The van der Waals surface area contributed by atoms with E-state index in [9.17, 15) is 70.7 Å². The molecule has 38 heavy (non-hydrogen) atoms. The van der Waals surface area contributed by atoms with Crippen LogP contribution < -0.4 is 0 Å². The van der Waals surface area contributed by atoms with Crippen molar-refractivity contribution in [1.29, 1.82) is 0 Å². The number of hydrogen-bond donors (Lipinski definition) is 1. The summed E-state index contributed by atoms with van der Waals surface area (Å²) in [6.07, 6.45) is 5.52. The Balaban J connectivity index is 0. The molecule has 0 bridgehead atoms. The van der Waals surface area contributed by atoms with Crippen molar-refractivity contribution in [1.82, 2.24) is 0 Å². The lowest BCUT2D eigenvalue weighted by molar-refractivity contribution is -0.450. The van der Waals surface area contributed by atoms with Crippen molar-refractivity contribution in [2.75, 3.05) is 18.5 Å². The van der Waals surface area contributed by atoms with Crippen LogP contribution in [0, 0.1) is 0 Å². The van der Waals surface area contributed by atoms with Gasteiger partial charge in [0.1, 0.15) is 0 Å². The standard InChI is InChI=1S/C12H27P.C8HF15O2/c1-4-7-10-13(11-8-5-2)12-9-6-3;9-2(10,1(24)25)3(11,12)4(13,14)5(15,16)6(17,18)7(19,20)8(21,22)23/h4-12H2,1-3H3;(H,24,25). The molecule has 0 aromatic rings. The lowest BCUT2D eigenvalue weighted by atomic mass is 9.91. The van der Waals surface area contributed by atoms with Gasteiger partial charge in [0.05, 0.1) is 0 Å². The van der Waals surface area contributed by atoms with Gasteiger partial charge in [0.2, 0.25) is 0 Å². The molecular formula is C20H28F15O2P. The molecule has 0 aromatic heterocycles. The molecule has 0 radical (unpaired) electrons. The van der Waals surface area contributed by atoms with Gasteiger partial charge in [-0.3, -0.25) is 0 Å². The molecule has 0 fully saturated rings. The SMILES string of the molecule is CCCCP(CCCC)CCCC.O=C(O)C(F)(F)C(F)(F)C(F)(F)C(F)(F)C(F)(F)C(F)(F)C(F)(F)F. The summed E-state index contributed by atoms with van der Waals surface area (Å²) in [5.41, 5.74) is 0. The van der Waals surface area contributed by atoms with E-state index in [2.05, 4.69) is 20.8 Å². The first-order chi connectivity index (χ1) is 16.8. The van der Waals surface area contributed by atoms with Crippen LogP contribution in [0.1, 0.15) is 59.3 Å². The molecule has 0 rings (SSSR count). The Morgan fingerprint density at radius 1 is 0.526 bits per heavy atom. The van der Waals surface area contributed by atoms with Gasteiger partial charge in [0.15, 0.2) is 0 Å². The molecule has 0 amide bonds. The van der Waals surface area contributed by atoms with Gasteiger partial charge in [-0.15, -0.1) is 7.92 Å². The highest BCUT2D eigenvalue weighted by Gasteiger charge is 2.94. The number of carboxylic acids is 1. The third-order valence-corrected chi connectivity index (χ3v) is 7.93. The summed E-state index contributed by atoms with van der Waals surface area (Å²) in [6, 6.07) is 0. The van der Waals surface area contributed by atoms with Gasteiger partial charge in [0, 0.05) is 0 Å². The van der Waals surface area contributed by atoms with Crippen molar-refractivity contribution in [3.05, 3.63) is 0 Å². The van der Waals surface area contributed by atoms with Crippen molar-refractivity contribution in [3.8, 4) is 0 Å². The number of aliphatic carboxylic acids is 1. The summed E-state index contributed by atoms with van der Waals surface area (Å²) in [5, 5.41) is 7.57. The van der Waals surface area contributed by atoms with E-state index in [1.165, 1.54) is 38.5 Å². The Morgan fingerprint density at radius 2 is 0.789 bits per heavy atom. The topological polar surface area (TPSA) is 37.3 Å². The predicted molar refractivity (Wildman–Crippen MR) is 110 cm³/mol. The fourth-order valence-corrected chi connectivity index (χ4v) is 5.54. The van der Waals surface area contributed by atoms with Gasteiger partial charge in [-0.1, -0.05) is 40.0 Å². The summed E-state index contributed by atoms with van der Waals surface area (Å²) in [6.45, 7) is 6.94. The number of rotatable bonds is 15. The number of carbonyl (C=O) groups is 1. The van der Waals surface area contributed by atoms with Gasteiger partial charge >= 0.3 is 47.7 Å². The minimum absolute atomic E-state index is 0.422. The molecular weight excluding hydrogens is 588 g/mol. The first kappa shape index (κ1) is 39.0. The van der Waals surface area contributed by atoms with E-state index in [0.29, 0.717) is 7.92 Å². The van der Waals surface area contributed by atoms with Crippen LogP contribution in [0.4, 0.5) is 65.9 Å². The van der Waals surface area contributed by atoms with Crippen LogP contribution in [0.25, 0.3) is 0 Å². The highest BCUT2D eigenvalue weighted by atomic mass is 31.1. The van der Waals surface area contributed by atoms with Crippen LogP contribution in [-0.2, 0) is 4.79 Å². The van der Waals surface area contributed by atoms with E-state index < -0.39 is 47.7 Å². The van der Waals surface area contributed by atoms with Gasteiger partial charge in [-0.2, -0.15) is 65.9 Å². The lowest BCUT2D eigenvalue weighted by Crippen LogP contribution is -2.73. The highest BCUT2D eigenvalue weighted by molar-refractivity contribution is 7.57. The van der Waals surface area contributed by atoms with Gasteiger partial charge in [-0.25, -0.2) is 4.79 Å². The minimum Gasteiger partial charge on any atom is -0.477 e. The van der Waals surface area contributed by atoms with Gasteiger partial charge in [0.25, 0.3) is 0 Å². The second kappa shape index (κ2) is 14.0. The van der Waals surface area contributed by atoms with E-state index in [0.717, 1.165) is 0 Å². The van der Waals surface area contributed by atoms with Crippen LogP contribution in [0.15, 0.2) is 0 Å². The van der Waals surface area contributed by atoms with Crippen LogP contribution in [-0.4, -0.2) is 71.3 Å². The average molecular weight is 616 g/mol. The fourth-order valence-electron chi connectivity index (χ4n) is 2.58. The van der Waals surface area contributed by atoms with Crippen molar-refractivity contribution >= 4 is 13.9 Å². The van der Waals surface area contributed by atoms with Crippen LogP contribution in [0.3, 0.4) is 0 Å². The Kier molecular flexibility index (Phi) is 14.3. The minimum atomic E-state index is -8.47. The Morgan fingerprint density at radius 3 is 1.03 bits per heavy atom. The number of halogens is 15. The highest BCUT2D eigenvalue weighted by Crippen LogP contribution is 2.62. The Bertz CT molecular complexity index is 705. The Labute approximate surface area is 210 Å². The maximum Gasteiger partial charge on any atom is 0.460 e. The number of unbranched alkanes of at least 4 members (excludes halogenated alkanes) is 3. The zero-order chi connectivity index (χ0) is 31.0. The smallest absolute Gasteiger partial charge is 0.460 e. The second-order valence-corrected chi connectivity index (χ2v) is 10.8. The second-order valence-electron chi connectivity index (χ2n) is 8.15. The molecule has 0 spiro atoms. The molecule has 0 atom stereocenters. The van der Waals surface area contributed by atoms with Crippen LogP contribution >= 0.6 is 7.92 Å². The zero-order valence-electron chi connectivity index (χ0n) is 20.3. The number of carboxylic acid groups (broad SMARTS) is 1. The lowest BCUT2D eigenvalue weighted by Gasteiger charge is -2.40. The summed E-state index contributed by atoms with van der Waals surface area (Å²) in [7, 11) is 0.422. The Hall–Kier alpha value is -1.15. The average Bonchev–Trinajstić information content (AvgIpc) is 2.77. The number of alkyl halides is 15. The van der Waals surface area contributed by atoms with Crippen molar-refractivity contribution < 1.29 is 75.8 Å². The summed E-state index contributed by atoms with van der Waals surface area (Å²) < 4.78 is 187. The van der Waals surface area contributed by atoms with E-state index in [-0.39, 0.29) is 0 Å². The maximum atomic E-state index is 12.8. The molecule has 0 aliphatic heterocycles. The molecule has 0 saturated heterocycles. The molecule has 230 valence electrons. The van der Waals surface area contributed by atoms with E-state index in [1.807, 2.05) is 0 Å². The van der Waals surface area contributed by atoms with Gasteiger partial charge < -0.3 is 5.11 Å². The molecule has 0 saturated carbocycles. The van der Waals surface area contributed by atoms with Crippen LogP contribution in [0.5, 0.6) is 0 Å². The fraction of sp³-hybridized carbons (Fsp3) is 0.950. The molecule has 0 unspecified atom stereocenters. The van der Waals surface area contributed by atoms with E-state index in [4.69, 9.17) is 5.11 Å². The summed E-state index contributed by atoms with van der Waals surface area (Å²) in [5.74, 6) is -52.8. The normalized spacial score (nSPS) is 14.4. The first-order valence-corrected chi connectivity index (χ1v) is 13.0. The van der Waals surface area contributed by atoms with Gasteiger partial charge in [-0.05, 0) is 37.7 Å². The molecule has 0 aliphatic rings.